The fourth-order valence-corrected chi connectivity index (χ4v) is 3.99. The number of carbonyl (C=O) groups is 1. The van der Waals surface area contributed by atoms with Crippen molar-refractivity contribution in [1.82, 2.24) is 19.7 Å². The van der Waals surface area contributed by atoms with Gasteiger partial charge >= 0.3 is 6.18 Å². The number of aryl methyl sites for hydroxylation is 1. The second-order valence-corrected chi connectivity index (χ2v) is 8.90. The summed E-state index contributed by atoms with van der Waals surface area (Å²) < 4.78 is 77.3. The summed E-state index contributed by atoms with van der Waals surface area (Å²) in [5, 5.41) is 10.0. The Balaban J connectivity index is 1.57. The number of anilines is 1. The van der Waals surface area contributed by atoms with Crippen LogP contribution in [-0.4, -0.2) is 32.8 Å². The normalized spacial score (nSPS) is 11.5. The number of ether oxygens (including phenoxy) is 2. The fourth-order valence-electron chi connectivity index (χ4n) is 3.40. The van der Waals surface area contributed by atoms with Crippen LogP contribution >= 0.6 is 11.3 Å². The van der Waals surface area contributed by atoms with Crippen molar-refractivity contribution in [2.24, 2.45) is 7.05 Å². The zero-order valence-corrected chi connectivity index (χ0v) is 20.9. The average molecular weight is 567 g/mol. The van der Waals surface area contributed by atoms with Crippen LogP contribution in [0.25, 0.3) is 11.1 Å². The average Bonchev–Trinajstić information content (AvgIpc) is 3.35. The van der Waals surface area contributed by atoms with Crippen molar-refractivity contribution in [2.75, 3.05) is 12.4 Å². The van der Waals surface area contributed by atoms with Crippen molar-refractivity contribution < 1.29 is 36.2 Å². The van der Waals surface area contributed by atoms with E-state index >= 15 is 0 Å². The van der Waals surface area contributed by atoms with Crippen LogP contribution < -0.4 is 20.3 Å². The molecule has 0 aliphatic carbocycles. The van der Waals surface area contributed by atoms with E-state index in [1.165, 1.54) is 32.5 Å². The topological polar surface area (TPSA) is 108 Å². The predicted molar refractivity (Wildman–Crippen MR) is 130 cm³/mol. The summed E-state index contributed by atoms with van der Waals surface area (Å²) in [6, 6.07) is 6.35. The lowest BCUT2D eigenvalue weighted by molar-refractivity contribution is -0.137. The molecule has 4 aromatic rings. The third-order valence-corrected chi connectivity index (χ3v) is 6.11. The Morgan fingerprint density at radius 3 is 2.54 bits per heavy atom. The molecule has 1 amide bonds. The number of amides is 1. The van der Waals surface area contributed by atoms with Crippen molar-refractivity contribution in [3.05, 3.63) is 81.5 Å². The Morgan fingerprint density at radius 2 is 1.90 bits per heavy atom. The van der Waals surface area contributed by atoms with Crippen molar-refractivity contribution in [3.8, 4) is 22.1 Å². The van der Waals surface area contributed by atoms with Gasteiger partial charge in [-0.15, -0.1) is 5.10 Å². The molecule has 39 heavy (non-hydrogen) atoms. The Kier molecular flexibility index (Phi) is 7.90. The molecule has 0 atom stereocenters. The van der Waals surface area contributed by atoms with Crippen LogP contribution in [0.5, 0.6) is 10.9 Å². The molecule has 0 spiro atoms. The van der Waals surface area contributed by atoms with Crippen molar-refractivity contribution >= 4 is 22.4 Å². The van der Waals surface area contributed by atoms with Gasteiger partial charge in [-0.05, 0) is 41.7 Å². The highest BCUT2D eigenvalue weighted by Crippen LogP contribution is 2.38. The maximum Gasteiger partial charge on any atom is 0.416 e. The monoisotopic (exact) mass is 567 g/mol. The number of benzene rings is 1. The highest BCUT2D eigenvalue weighted by Gasteiger charge is 2.32. The Labute approximate surface area is 220 Å². The second-order valence-electron chi connectivity index (χ2n) is 7.96. The molecular formula is C24H18F5N5O4S. The van der Waals surface area contributed by atoms with Gasteiger partial charge in [-0.1, -0.05) is 5.10 Å². The summed E-state index contributed by atoms with van der Waals surface area (Å²) in [7, 11) is 2.65. The predicted octanol–water partition coefficient (Wildman–Crippen LogP) is 5.10. The van der Waals surface area contributed by atoms with Crippen molar-refractivity contribution in [2.45, 2.75) is 19.2 Å². The van der Waals surface area contributed by atoms with Gasteiger partial charge in [-0.2, -0.15) is 13.2 Å². The first-order chi connectivity index (χ1) is 18.5. The third kappa shape index (κ3) is 6.37. The number of nitrogens with zero attached hydrogens (tertiary/aromatic N) is 4. The smallest absolute Gasteiger partial charge is 0.416 e. The molecule has 1 N–H and O–H groups in total. The molecule has 9 nitrogen and oxygen atoms in total. The zero-order chi connectivity index (χ0) is 28.3. The minimum absolute atomic E-state index is 0.0110. The van der Waals surface area contributed by atoms with E-state index in [0.717, 1.165) is 46.4 Å². The van der Waals surface area contributed by atoms with E-state index in [9.17, 15) is 31.5 Å². The molecule has 204 valence electrons. The lowest BCUT2D eigenvalue weighted by Crippen LogP contribution is -2.22. The maximum atomic E-state index is 13.4. The lowest BCUT2D eigenvalue weighted by Gasteiger charge is -2.16. The van der Waals surface area contributed by atoms with E-state index in [4.69, 9.17) is 9.47 Å². The van der Waals surface area contributed by atoms with Gasteiger partial charge in [0.05, 0.1) is 23.9 Å². The van der Waals surface area contributed by atoms with Gasteiger partial charge in [-0.3, -0.25) is 19.9 Å². The summed E-state index contributed by atoms with van der Waals surface area (Å²) in [5.41, 5.74) is -1.71. The van der Waals surface area contributed by atoms with Crippen LogP contribution in [0.3, 0.4) is 0 Å². The molecule has 15 heteroatoms. The number of rotatable bonds is 8. The largest absolute Gasteiger partial charge is 0.496 e. The third-order valence-electron chi connectivity index (χ3n) is 5.36. The summed E-state index contributed by atoms with van der Waals surface area (Å²) in [5.74, 6) is -0.786. The Morgan fingerprint density at radius 1 is 1.13 bits per heavy atom. The van der Waals surface area contributed by atoms with E-state index in [-0.39, 0.29) is 44.9 Å². The Bertz CT molecular complexity index is 1550. The molecular weight excluding hydrogens is 549 g/mol. The first-order valence-corrected chi connectivity index (χ1v) is 11.7. The zero-order valence-electron chi connectivity index (χ0n) is 20.1. The minimum Gasteiger partial charge on any atom is -0.496 e. The molecule has 1 aromatic carbocycles. The molecule has 0 radical (unpaired) electrons. The first-order valence-electron chi connectivity index (χ1n) is 10.9. The van der Waals surface area contributed by atoms with E-state index in [1.54, 1.807) is 0 Å². The fraction of sp³-hybridized carbons (Fsp3) is 0.208. The number of aromatic nitrogens is 4. The van der Waals surface area contributed by atoms with E-state index in [0.29, 0.717) is 5.69 Å². The van der Waals surface area contributed by atoms with Crippen LogP contribution in [-0.2, 0) is 19.8 Å². The molecule has 4 rings (SSSR count). The van der Waals surface area contributed by atoms with Gasteiger partial charge < -0.3 is 14.0 Å². The van der Waals surface area contributed by atoms with Crippen LogP contribution in [0.1, 0.15) is 33.6 Å². The highest BCUT2D eigenvalue weighted by atomic mass is 32.1. The number of nitrogens with one attached hydrogen (secondary N) is 1. The molecule has 3 aromatic heterocycles. The summed E-state index contributed by atoms with van der Waals surface area (Å²) in [4.78, 5) is 29.3. The van der Waals surface area contributed by atoms with Gasteiger partial charge in [0.2, 0.25) is 5.13 Å². The molecule has 0 aliphatic rings. The van der Waals surface area contributed by atoms with Gasteiger partial charge in [-0.25, -0.2) is 8.78 Å². The van der Waals surface area contributed by atoms with Gasteiger partial charge in [0.1, 0.15) is 12.4 Å². The van der Waals surface area contributed by atoms with Crippen LogP contribution in [0.2, 0.25) is 0 Å². The number of halogens is 5. The lowest BCUT2D eigenvalue weighted by atomic mass is 9.98. The molecule has 0 bridgehead atoms. The number of alkyl halides is 5. The number of hydrogen-bond acceptors (Lipinski definition) is 8. The minimum atomic E-state index is -4.66. The van der Waals surface area contributed by atoms with Crippen LogP contribution in [0.4, 0.5) is 27.1 Å². The number of pyridine rings is 2. The molecule has 3 heterocycles. The van der Waals surface area contributed by atoms with Crippen LogP contribution in [0.15, 0.2) is 53.6 Å². The maximum absolute atomic E-state index is 13.4. The summed E-state index contributed by atoms with van der Waals surface area (Å²) in [6.45, 7) is -0.111. The van der Waals surface area contributed by atoms with E-state index in [1.807, 2.05) is 0 Å². The molecule has 0 unspecified atom stereocenters. The molecule has 0 fully saturated rings. The number of methoxy groups -OCH3 is 1. The van der Waals surface area contributed by atoms with Gasteiger partial charge in [0, 0.05) is 42.2 Å². The first kappa shape index (κ1) is 27.6. The number of carbonyl (C=O) groups excluding carboxylic acids is 1. The quantitative estimate of drug-likeness (QED) is 0.296. The van der Waals surface area contributed by atoms with Gasteiger partial charge in [0.25, 0.3) is 23.1 Å². The van der Waals surface area contributed by atoms with Crippen molar-refractivity contribution in [3.63, 3.8) is 0 Å². The van der Waals surface area contributed by atoms with Gasteiger partial charge in [0.15, 0.2) is 0 Å². The van der Waals surface area contributed by atoms with Crippen LogP contribution in [0, 0.1) is 0 Å². The standard InChI is InChI=1S/C24H18F5N5O4S/c1-34-10-17(15-7-13(24(27,28)29)4-6-18(15)37-2)16(8-19(34)35)21(36)31-22-32-33-23(39-22)38-11-14-5-3-12(9-30-14)20(25)26/h3-10,20H,11H2,1-2H3,(H,31,32,36). The summed E-state index contributed by atoms with van der Waals surface area (Å²) in [6.07, 6.45) is -5.05. The molecule has 0 saturated heterocycles. The SMILES string of the molecule is COc1ccc(C(F)(F)F)cc1-c1cn(C)c(=O)cc1C(=O)Nc1nnc(OCc2ccc(C(F)F)cn2)s1. The van der Waals surface area contributed by atoms with Crippen molar-refractivity contribution in [1.29, 1.82) is 0 Å². The second kappa shape index (κ2) is 11.1. The summed E-state index contributed by atoms with van der Waals surface area (Å²) >= 11 is 0.825. The number of hydrogen-bond donors (Lipinski definition) is 1. The Hall–Kier alpha value is -4.40. The highest BCUT2D eigenvalue weighted by molar-refractivity contribution is 7.17. The molecule has 0 saturated carbocycles. The van der Waals surface area contributed by atoms with E-state index in [2.05, 4.69) is 20.5 Å². The molecule has 0 aliphatic heterocycles. The van der Waals surface area contributed by atoms with E-state index < -0.39 is 29.6 Å².